The van der Waals surface area contributed by atoms with Crippen LogP contribution in [0.4, 0.5) is 9.18 Å². The van der Waals surface area contributed by atoms with Crippen molar-refractivity contribution in [3.63, 3.8) is 0 Å². The second kappa shape index (κ2) is 13.3. The van der Waals surface area contributed by atoms with E-state index in [2.05, 4.69) is 15.2 Å². The number of amides is 2. The average Bonchev–Trinajstić information content (AvgIpc) is 3.32. The number of aryl methyl sites for hydroxylation is 1. The zero-order valence-electron chi connectivity index (χ0n) is 24.6. The lowest BCUT2D eigenvalue weighted by atomic mass is 10.0. The minimum Gasteiger partial charge on any atom is -0.444 e. The van der Waals surface area contributed by atoms with Gasteiger partial charge in [0.05, 0.1) is 23.2 Å². The summed E-state index contributed by atoms with van der Waals surface area (Å²) >= 11 is -2.27. The number of nitrogens with one attached hydrogen (secondary N) is 1. The Labute approximate surface area is 247 Å². The maximum Gasteiger partial charge on any atom is 0.410 e. The topological polar surface area (TPSA) is 128 Å². The molecule has 1 unspecified atom stereocenters. The van der Waals surface area contributed by atoms with Crippen molar-refractivity contribution in [1.82, 2.24) is 24.4 Å². The summed E-state index contributed by atoms with van der Waals surface area (Å²) in [7, 11) is 1.52. The van der Waals surface area contributed by atoms with Crippen LogP contribution in [0.1, 0.15) is 49.3 Å². The summed E-state index contributed by atoms with van der Waals surface area (Å²) in [6.07, 6.45) is 0.231. The number of pyridine rings is 1. The quantitative estimate of drug-likeness (QED) is 0.351. The molecule has 1 aliphatic heterocycles. The number of carbonyl (C=O) groups is 2. The molecule has 228 valence electrons. The predicted octanol–water partition coefficient (Wildman–Crippen LogP) is 4.05. The van der Waals surface area contributed by atoms with Crippen molar-refractivity contribution in [2.75, 3.05) is 46.3 Å². The molecule has 0 saturated carbocycles. The summed E-state index contributed by atoms with van der Waals surface area (Å²) in [4.78, 5) is 33.7. The highest BCUT2D eigenvalue weighted by Crippen LogP contribution is 2.34. The van der Waals surface area contributed by atoms with E-state index in [1.54, 1.807) is 4.90 Å². The van der Waals surface area contributed by atoms with Crippen LogP contribution in [0.3, 0.4) is 0 Å². The van der Waals surface area contributed by atoms with Gasteiger partial charge in [0.1, 0.15) is 17.2 Å². The molecule has 4 rings (SSSR count). The number of nitrogens with zero attached hydrogens (tertiary/aromatic N) is 4. The van der Waals surface area contributed by atoms with Crippen LogP contribution in [0.25, 0.3) is 22.4 Å². The second-order valence-electron chi connectivity index (χ2n) is 11.1. The minimum atomic E-state index is -2.27. The molecule has 3 aromatic rings. The van der Waals surface area contributed by atoms with Crippen LogP contribution in [-0.2, 0) is 29.0 Å². The summed E-state index contributed by atoms with van der Waals surface area (Å²) in [6.45, 7) is 10.6. The molecule has 1 aliphatic rings. The average molecular weight is 604 g/mol. The van der Waals surface area contributed by atoms with Crippen LogP contribution in [0.15, 0.2) is 34.7 Å². The van der Waals surface area contributed by atoms with Gasteiger partial charge in [-0.2, -0.15) is 4.31 Å². The standard InChI is InChI=1S/C29H38FN5O6S/c1-6-19-17-22-24(26(36)31-5)25(20-7-9-21(30)10-8-20)40-27(22)32-23(19)18-35(42(38)39)16-13-33-11-14-34(15-12-33)28(37)41-29(2,3)4/h7-10,17H,6,11-16,18H2,1-5H3,(H,31,36)(H,38,39). The molecule has 0 radical (unpaired) electrons. The lowest BCUT2D eigenvalue weighted by molar-refractivity contribution is 0.0143. The van der Waals surface area contributed by atoms with Gasteiger partial charge in [0.2, 0.25) is 17.0 Å². The van der Waals surface area contributed by atoms with Crippen molar-refractivity contribution in [3.8, 4) is 11.3 Å². The highest BCUT2D eigenvalue weighted by atomic mass is 32.2. The molecular formula is C29H38FN5O6S. The van der Waals surface area contributed by atoms with Crippen molar-refractivity contribution in [1.29, 1.82) is 0 Å². The third-order valence-electron chi connectivity index (χ3n) is 7.03. The van der Waals surface area contributed by atoms with Crippen LogP contribution < -0.4 is 5.32 Å². The fourth-order valence-corrected chi connectivity index (χ4v) is 5.28. The molecule has 0 aliphatic carbocycles. The van der Waals surface area contributed by atoms with E-state index in [0.717, 1.165) is 5.56 Å². The number of rotatable bonds is 9. The van der Waals surface area contributed by atoms with Gasteiger partial charge >= 0.3 is 6.09 Å². The first-order valence-corrected chi connectivity index (χ1v) is 15.0. The molecule has 2 aromatic heterocycles. The smallest absolute Gasteiger partial charge is 0.410 e. The van der Waals surface area contributed by atoms with Crippen molar-refractivity contribution < 1.29 is 31.9 Å². The van der Waals surface area contributed by atoms with Gasteiger partial charge in [-0.3, -0.25) is 14.2 Å². The second-order valence-corrected chi connectivity index (χ2v) is 12.1. The van der Waals surface area contributed by atoms with E-state index >= 15 is 0 Å². The molecular weight excluding hydrogens is 565 g/mol. The van der Waals surface area contributed by atoms with Gasteiger partial charge < -0.3 is 19.4 Å². The lowest BCUT2D eigenvalue weighted by Gasteiger charge is -2.36. The van der Waals surface area contributed by atoms with Crippen molar-refractivity contribution in [3.05, 3.63) is 53.0 Å². The predicted molar refractivity (Wildman–Crippen MR) is 158 cm³/mol. The zero-order chi connectivity index (χ0) is 30.6. The Balaban J connectivity index is 1.51. The molecule has 1 atom stereocenters. The van der Waals surface area contributed by atoms with Crippen molar-refractivity contribution >= 4 is 34.4 Å². The Morgan fingerprint density at radius 3 is 2.43 bits per heavy atom. The molecule has 1 saturated heterocycles. The summed E-state index contributed by atoms with van der Waals surface area (Å²) in [6, 6.07) is 7.47. The first-order valence-electron chi connectivity index (χ1n) is 13.9. The maximum absolute atomic E-state index is 13.6. The molecule has 11 nitrogen and oxygen atoms in total. The third-order valence-corrected chi connectivity index (χ3v) is 7.78. The number of benzene rings is 1. The van der Waals surface area contributed by atoms with E-state index in [1.807, 2.05) is 33.8 Å². The molecule has 2 amide bonds. The Morgan fingerprint density at radius 1 is 1.19 bits per heavy atom. The number of carbonyl (C=O) groups excluding carboxylic acids is 2. The molecule has 0 bridgehead atoms. The number of halogens is 1. The maximum atomic E-state index is 13.6. The molecule has 1 aromatic carbocycles. The molecule has 1 fully saturated rings. The Morgan fingerprint density at radius 2 is 1.86 bits per heavy atom. The van der Waals surface area contributed by atoms with Crippen LogP contribution in [0, 0.1) is 5.82 Å². The number of furan rings is 1. The van der Waals surface area contributed by atoms with Crippen LogP contribution >= 0.6 is 0 Å². The van der Waals surface area contributed by atoms with Crippen molar-refractivity contribution in [2.45, 2.75) is 46.3 Å². The number of fused-ring (bicyclic) bond motifs is 1. The SMILES string of the molecule is CCc1cc2c(C(=O)NC)c(-c3ccc(F)cc3)oc2nc1CN(CCN1CCN(C(=O)OC(C)(C)C)CC1)S(=O)O. The highest BCUT2D eigenvalue weighted by Gasteiger charge is 2.28. The van der Waals surface area contributed by atoms with Gasteiger partial charge in [0.15, 0.2) is 0 Å². The third kappa shape index (κ3) is 7.51. The first kappa shape index (κ1) is 31.5. The minimum absolute atomic E-state index is 0.0853. The summed E-state index contributed by atoms with van der Waals surface area (Å²) in [5.74, 6) is -0.509. The Bertz CT molecular complexity index is 1450. The molecule has 13 heteroatoms. The van der Waals surface area contributed by atoms with E-state index in [9.17, 15) is 22.7 Å². The van der Waals surface area contributed by atoms with Gasteiger partial charge in [0, 0.05) is 51.9 Å². The van der Waals surface area contributed by atoms with Gasteiger partial charge in [0.25, 0.3) is 5.91 Å². The summed E-state index contributed by atoms with van der Waals surface area (Å²) in [5, 5.41) is 3.14. The zero-order valence-corrected chi connectivity index (χ0v) is 25.4. The van der Waals surface area contributed by atoms with Gasteiger partial charge in [-0.25, -0.2) is 18.4 Å². The monoisotopic (exact) mass is 603 g/mol. The van der Waals surface area contributed by atoms with Gasteiger partial charge in [-0.15, -0.1) is 0 Å². The molecule has 3 heterocycles. The molecule has 0 spiro atoms. The molecule has 2 N–H and O–H groups in total. The highest BCUT2D eigenvalue weighted by molar-refractivity contribution is 7.76. The van der Waals surface area contributed by atoms with E-state index in [1.165, 1.54) is 35.6 Å². The molecule has 42 heavy (non-hydrogen) atoms. The fraction of sp³-hybridized carbons (Fsp3) is 0.483. The first-order chi connectivity index (χ1) is 19.9. The Hall–Kier alpha value is -3.39. The van der Waals surface area contributed by atoms with E-state index in [4.69, 9.17) is 9.15 Å². The van der Waals surface area contributed by atoms with Crippen LogP contribution in [-0.4, -0.2) is 91.8 Å². The summed E-state index contributed by atoms with van der Waals surface area (Å²) < 4.78 is 48.9. The largest absolute Gasteiger partial charge is 0.444 e. The van der Waals surface area contributed by atoms with Gasteiger partial charge in [-0.1, -0.05) is 6.92 Å². The van der Waals surface area contributed by atoms with Crippen molar-refractivity contribution in [2.24, 2.45) is 0 Å². The summed E-state index contributed by atoms with van der Waals surface area (Å²) in [5.41, 5.74) is 1.84. The fourth-order valence-electron chi connectivity index (χ4n) is 4.81. The van der Waals surface area contributed by atoms with E-state index in [0.29, 0.717) is 67.9 Å². The van der Waals surface area contributed by atoms with E-state index < -0.39 is 22.7 Å². The Kier molecular flexibility index (Phi) is 9.97. The number of piperazine rings is 1. The van der Waals surface area contributed by atoms with E-state index in [-0.39, 0.29) is 30.0 Å². The van der Waals surface area contributed by atoms with Crippen LogP contribution in [0.2, 0.25) is 0 Å². The van der Waals surface area contributed by atoms with Gasteiger partial charge in [-0.05, 0) is 63.1 Å². The number of hydrogen-bond donors (Lipinski definition) is 2. The van der Waals surface area contributed by atoms with Crippen LogP contribution in [0.5, 0.6) is 0 Å². The lowest BCUT2D eigenvalue weighted by Crippen LogP contribution is -2.51. The number of aromatic nitrogens is 1. The number of ether oxygens (including phenoxy) is 1. The normalized spacial score (nSPS) is 15.3. The number of hydrogen-bond acceptors (Lipinski definition) is 7.